The molecule has 0 unspecified atom stereocenters. The second-order valence-electron chi connectivity index (χ2n) is 5.62. The lowest BCUT2D eigenvalue weighted by Gasteiger charge is -2.10. The number of hydrogen-bond donors (Lipinski definition) is 2. The van der Waals surface area contributed by atoms with Gasteiger partial charge in [-0.1, -0.05) is 48.0 Å². The molecule has 0 saturated carbocycles. The maximum absolute atomic E-state index is 12.6. The number of pyridine rings is 1. The first-order valence-corrected chi connectivity index (χ1v) is 8.20. The smallest absolute Gasteiger partial charge is 0.292 e. The van der Waals surface area contributed by atoms with E-state index in [9.17, 15) is 10.0 Å². The molecule has 0 spiro atoms. The van der Waals surface area contributed by atoms with E-state index < -0.39 is 5.56 Å². The normalized spacial score (nSPS) is 10.8. The summed E-state index contributed by atoms with van der Waals surface area (Å²) in [7, 11) is 0. The van der Waals surface area contributed by atoms with Gasteiger partial charge in [-0.25, -0.2) is 4.98 Å². The monoisotopic (exact) mass is 364 g/mol. The molecule has 4 aromatic rings. The van der Waals surface area contributed by atoms with E-state index in [4.69, 9.17) is 11.6 Å². The summed E-state index contributed by atoms with van der Waals surface area (Å²) in [6.07, 6.45) is 1.54. The number of fused-ring (bicyclic) bond motifs is 1. The van der Waals surface area contributed by atoms with Crippen molar-refractivity contribution in [3.05, 3.63) is 82.2 Å². The van der Waals surface area contributed by atoms with Crippen molar-refractivity contribution < 1.29 is 5.21 Å². The zero-order valence-electron chi connectivity index (χ0n) is 13.4. The largest absolute Gasteiger partial charge is 0.423 e. The molecule has 0 saturated heterocycles. The minimum Gasteiger partial charge on any atom is -0.423 e. The first-order chi connectivity index (χ1) is 12.6. The predicted octanol–water partition coefficient (Wildman–Crippen LogP) is 4.09. The molecule has 2 N–H and O–H groups in total. The van der Waals surface area contributed by atoms with Crippen LogP contribution in [0.1, 0.15) is 0 Å². The van der Waals surface area contributed by atoms with Gasteiger partial charge in [-0.2, -0.15) is 4.98 Å². The number of aromatic nitrogens is 3. The van der Waals surface area contributed by atoms with Gasteiger partial charge >= 0.3 is 0 Å². The van der Waals surface area contributed by atoms with Gasteiger partial charge in [0.05, 0.1) is 5.56 Å². The fourth-order valence-electron chi connectivity index (χ4n) is 2.66. The van der Waals surface area contributed by atoms with Crippen molar-refractivity contribution in [1.29, 1.82) is 0 Å². The van der Waals surface area contributed by atoms with Gasteiger partial charge in [-0.15, -0.1) is 4.73 Å². The standard InChI is InChI=1S/C19H13ClN4O2/c20-16-9-5-4-8-14(16)15-10-12-11-21-19(22-13-6-2-1-3-7-13)23-17(12)24(26)18(15)25/h1-11,26H,(H,21,22,23). The first-order valence-electron chi connectivity index (χ1n) is 7.82. The number of anilines is 2. The summed E-state index contributed by atoms with van der Waals surface area (Å²) in [5, 5.41) is 14.3. The highest BCUT2D eigenvalue weighted by molar-refractivity contribution is 6.33. The molecule has 7 heteroatoms. The number of nitrogens with zero attached hydrogens (tertiary/aromatic N) is 3. The highest BCUT2D eigenvalue weighted by Gasteiger charge is 2.14. The van der Waals surface area contributed by atoms with E-state index in [1.165, 1.54) is 0 Å². The Morgan fingerprint density at radius 2 is 1.73 bits per heavy atom. The number of nitrogens with one attached hydrogen (secondary N) is 1. The summed E-state index contributed by atoms with van der Waals surface area (Å²) in [5.41, 5.74) is 1.12. The van der Waals surface area contributed by atoms with Crippen LogP contribution in [0, 0.1) is 0 Å². The van der Waals surface area contributed by atoms with Gasteiger partial charge in [0.15, 0.2) is 5.65 Å². The average molecular weight is 365 g/mol. The Labute approximate surface area is 153 Å². The molecule has 0 radical (unpaired) electrons. The van der Waals surface area contributed by atoms with Gasteiger partial charge in [-0.05, 0) is 24.3 Å². The van der Waals surface area contributed by atoms with Crippen molar-refractivity contribution in [1.82, 2.24) is 14.7 Å². The maximum Gasteiger partial charge on any atom is 0.292 e. The Hall–Kier alpha value is -3.38. The molecule has 0 atom stereocenters. The highest BCUT2D eigenvalue weighted by Crippen LogP contribution is 2.27. The SMILES string of the molecule is O=c1c(-c2ccccc2Cl)cc2cnc(Nc3ccccc3)nc2n1O. The van der Waals surface area contributed by atoms with Crippen LogP contribution >= 0.6 is 11.6 Å². The Bertz CT molecular complexity index is 1160. The van der Waals surface area contributed by atoms with Crippen LogP contribution in [-0.4, -0.2) is 19.9 Å². The molecule has 6 nitrogen and oxygen atoms in total. The Morgan fingerprint density at radius 1 is 1.00 bits per heavy atom. The molecule has 0 aliphatic heterocycles. The molecular formula is C19H13ClN4O2. The number of hydrogen-bond acceptors (Lipinski definition) is 5. The van der Waals surface area contributed by atoms with E-state index >= 15 is 0 Å². The van der Waals surface area contributed by atoms with Crippen LogP contribution in [0.15, 0.2) is 71.7 Å². The molecule has 4 rings (SSSR count). The fourth-order valence-corrected chi connectivity index (χ4v) is 2.90. The second-order valence-corrected chi connectivity index (χ2v) is 6.03. The highest BCUT2D eigenvalue weighted by atomic mass is 35.5. The summed E-state index contributed by atoms with van der Waals surface area (Å²) in [4.78, 5) is 21.1. The molecule has 128 valence electrons. The molecule has 0 bridgehead atoms. The van der Waals surface area contributed by atoms with Crippen LogP contribution in [0.25, 0.3) is 22.2 Å². The topological polar surface area (TPSA) is 80.0 Å². The lowest BCUT2D eigenvalue weighted by atomic mass is 10.1. The Kier molecular flexibility index (Phi) is 4.02. The number of halogens is 1. The summed E-state index contributed by atoms with van der Waals surface area (Å²) in [5.74, 6) is 0.274. The third-order valence-corrected chi connectivity index (χ3v) is 4.24. The van der Waals surface area contributed by atoms with E-state index in [1.807, 2.05) is 30.3 Å². The molecule has 2 aromatic carbocycles. The van der Waals surface area contributed by atoms with Gasteiger partial charge in [0.2, 0.25) is 5.95 Å². The molecule has 2 aromatic heterocycles. The van der Waals surface area contributed by atoms with E-state index in [0.29, 0.717) is 20.7 Å². The van der Waals surface area contributed by atoms with Gasteiger partial charge in [0, 0.05) is 27.9 Å². The average Bonchev–Trinajstić information content (AvgIpc) is 2.66. The van der Waals surface area contributed by atoms with Crippen LogP contribution in [0.4, 0.5) is 11.6 Å². The van der Waals surface area contributed by atoms with E-state index in [-0.39, 0.29) is 17.2 Å². The van der Waals surface area contributed by atoms with E-state index in [0.717, 1.165) is 5.69 Å². The third kappa shape index (κ3) is 2.87. The van der Waals surface area contributed by atoms with Crippen LogP contribution < -0.4 is 10.9 Å². The van der Waals surface area contributed by atoms with Gasteiger partial charge in [0.1, 0.15) is 0 Å². The fraction of sp³-hybridized carbons (Fsp3) is 0. The van der Waals surface area contributed by atoms with Crippen LogP contribution in [-0.2, 0) is 0 Å². The maximum atomic E-state index is 12.6. The number of para-hydroxylation sites is 1. The predicted molar refractivity (Wildman–Crippen MR) is 101 cm³/mol. The first kappa shape index (κ1) is 16.1. The van der Waals surface area contributed by atoms with Crippen molar-refractivity contribution in [2.75, 3.05) is 5.32 Å². The zero-order chi connectivity index (χ0) is 18.1. The quantitative estimate of drug-likeness (QED) is 0.535. The van der Waals surface area contributed by atoms with Crippen LogP contribution in [0.3, 0.4) is 0 Å². The molecule has 26 heavy (non-hydrogen) atoms. The summed E-state index contributed by atoms with van der Waals surface area (Å²) in [6, 6.07) is 17.9. The van der Waals surface area contributed by atoms with Crippen molar-refractivity contribution >= 4 is 34.3 Å². The third-order valence-electron chi connectivity index (χ3n) is 3.91. The minimum absolute atomic E-state index is 0.110. The minimum atomic E-state index is -0.602. The molecule has 0 amide bonds. The van der Waals surface area contributed by atoms with Crippen LogP contribution in [0.2, 0.25) is 5.02 Å². The summed E-state index contributed by atoms with van der Waals surface area (Å²) >= 11 is 6.18. The summed E-state index contributed by atoms with van der Waals surface area (Å²) in [6.45, 7) is 0. The number of rotatable bonds is 3. The summed E-state index contributed by atoms with van der Waals surface area (Å²) < 4.78 is 0.520. The zero-order valence-corrected chi connectivity index (χ0v) is 14.2. The van der Waals surface area contributed by atoms with Crippen LogP contribution in [0.5, 0.6) is 0 Å². The van der Waals surface area contributed by atoms with Crippen molar-refractivity contribution in [2.45, 2.75) is 0 Å². The molecular weight excluding hydrogens is 352 g/mol. The van der Waals surface area contributed by atoms with Crippen molar-refractivity contribution in [3.8, 4) is 11.1 Å². The van der Waals surface area contributed by atoms with Gasteiger partial charge < -0.3 is 10.5 Å². The molecule has 0 fully saturated rings. The van der Waals surface area contributed by atoms with Crippen molar-refractivity contribution in [3.63, 3.8) is 0 Å². The molecule has 0 aliphatic rings. The lowest BCUT2D eigenvalue weighted by molar-refractivity contribution is 0.187. The molecule has 2 heterocycles. The second kappa shape index (κ2) is 6.50. The van der Waals surface area contributed by atoms with Gasteiger partial charge in [0.25, 0.3) is 5.56 Å². The Balaban J connectivity index is 1.83. The van der Waals surface area contributed by atoms with Gasteiger partial charge in [-0.3, -0.25) is 4.79 Å². The van der Waals surface area contributed by atoms with Crippen molar-refractivity contribution in [2.24, 2.45) is 0 Å². The Morgan fingerprint density at radius 3 is 2.50 bits per heavy atom. The lowest BCUT2D eigenvalue weighted by Crippen LogP contribution is -2.21. The van der Waals surface area contributed by atoms with E-state index in [1.54, 1.807) is 36.5 Å². The number of benzene rings is 2. The molecule has 0 aliphatic carbocycles. The van der Waals surface area contributed by atoms with E-state index in [2.05, 4.69) is 15.3 Å².